The van der Waals surface area contributed by atoms with Crippen LogP contribution in [0.25, 0.3) is 0 Å². The predicted molar refractivity (Wildman–Crippen MR) is 68.8 cm³/mol. The van der Waals surface area contributed by atoms with Crippen LogP contribution in [0.4, 0.5) is 10.1 Å². The topological polar surface area (TPSA) is 89.5 Å². The van der Waals surface area contributed by atoms with E-state index in [9.17, 15) is 19.3 Å². The number of nitro benzene ring substituents is 1. The van der Waals surface area contributed by atoms with Gasteiger partial charge in [-0.05, 0) is 12.5 Å². The van der Waals surface area contributed by atoms with Crippen molar-refractivity contribution in [2.24, 2.45) is 5.73 Å². The standard InChI is InChI=1S/C11H12FN3O3.ClH/c12-8-3-7(4-10(5-8)15(17)18)11(16)14-2-1-9(13)6-14;/h3-5,9H,1-2,6,13H2;1H/t9-;/m0./s1. The Bertz CT molecular complexity index is 512. The summed E-state index contributed by atoms with van der Waals surface area (Å²) in [5, 5.41) is 10.6. The smallest absolute Gasteiger partial charge is 0.273 e. The maximum absolute atomic E-state index is 13.2. The van der Waals surface area contributed by atoms with Gasteiger partial charge in [0.05, 0.1) is 11.0 Å². The van der Waals surface area contributed by atoms with Gasteiger partial charge in [0.1, 0.15) is 5.82 Å². The summed E-state index contributed by atoms with van der Waals surface area (Å²) in [5.41, 5.74) is 5.23. The lowest BCUT2D eigenvalue weighted by molar-refractivity contribution is -0.385. The highest BCUT2D eigenvalue weighted by Crippen LogP contribution is 2.19. The van der Waals surface area contributed by atoms with Crippen LogP contribution in [0.3, 0.4) is 0 Å². The number of carbonyl (C=O) groups excluding carboxylic acids is 1. The summed E-state index contributed by atoms with van der Waals surface area (Å²) in [6.45, 7) is 0.882. The van der Waals surface area contributed by atoms with Crippen molar-refractivity contribution >= 4 is 24.0 Å². The van der Waals surface area contributed by atoms with Crippen molar-refractivity contribution in [3.8, 4) is 0 Å². The third kappa shape index (κ3) is 3.39. The molecule has 1 atom stereocenters. The molecule has 8 heteroatoms. The summed E-state index contributed by atoms with van der Waals surface area (Å²) >= 11 is 0. The molecular weight excluding hydrogens is 277 g/mol. The molecule has 104 valence electrons. The van der Waals surface area contributed by atoms with Crippen molar-refractivity contribution in [2.45, 2.75) is 12.5 Å². The maximum Gasteiger partial charge on any atom is 0.273 e. The molecule has 0 radical (unpaired) electrons. The summed E-state index contributed by atoms with van der Waals surface area (Å²) in [6.07, 6.45) is 0.684. The van der Waals surface area contributed by atoms with E-state index >= 15 is 0 Å². The minimum absolute atomic E-state index is 0. The van der Waals surface area contributed by atoms with Crippen LogP contribution in [0.1, 0.15) is 16.8 Å². The van der Waals surface area contributed by atoms with Gasteiger partial charge in [-0.1, -0.05) is 0 Å². The fourth-order valence-electron chi connectivity index (χ4n) is 1.96. The molecule has 1 aromatic rings. The molecule has 0 saturated carbocycles. The minimum atomic E-state index is -0.795. The van der Waals surface area contributed by atoms with Crippen molar-refractivity contribution in [1.82, 2.24) is 4.90 Å². The molecule has 0 unspecified atom stereocenters. The van der Waals surface area contributed by atoms with E-state index in [0.29, 0.717) is 19.5 Å². The normalized spacial score (nSPS) is 18.0. The number of likely N-dealkylation sites (tertiary alicyclic amines) is 1. The van der Waals surface area contributed by atoms with E-state index in [-0.39, 0.29) is 24.0 Å². The Morgan fingerprint density at radius 2 is 2.16 bits per heavy atom. The molecule has 1 aromatic carbocycles. The average Bonchev–Trinajstić information content (AvgIpc) is 2.74. The van der Waals surface area contributed by atoms with E-state index in [1.807, 2.05) is 0 Å². The van der Waals surface area contributed by atoms with Crippen LogP contribution in [0.15, 0.2) is 18.2 Å². The Morgan fingerprint density at radius 3 is 2.68 bits per heavy atom. The zero-order valence-electron chi connectivity index (χ0n) is 9.91. The van der Waals surface area contributed by atoms with Gasteiger partial charge in [-0.25, -0.2) is 4.39 Å². The van der Waals surface area contributed by atoms with E-state index in [1.54, 1.807) is 0 Å². The lowest BCUT2D eigenvalue weighted by atomic mass is 10.1. The zero-order chi connectivity index (χ0) is 13.3. The molecule has 0 aliphatic carbocycles. The number of nitrogens with zero attached hydrogens (tertiary/aromatic N) is 2. The lowest BCUT2D eigenvalue weighted by Gasteiger charge is -2.15. The van der Waals surface area contributed by atoms with E-state index in [4.69, 9.17) is 5.73 Å². The Kier molecular flexibility index (Phi) is 4.79. The Labute approximate surface area is 114 Å². The summed E-state index contributed by atoms with van der Waals surface area (Å²) in [6, 6.07) is 2.78. The summed E-state index contributed by atoms with van der Waals surface area (Å²) in [7, 11) is 0. The Hall–Kier alpha value is -1.73. The van der Waals surface area contributed by atoms with Crippen LogP contribution in [0.2, 0.25) is 0 Å². The van der Waals surface area contributed by atoms with Crippen LogP contribution < -0.4 is 5.73 Å². The largest absolute Gasteiger partial charge is 0.337 e. The molecule has 1 fully saturated rings. The highest BCUT2D eigenvalue weighted by Gasteiger charge is 2.26. The summed E-state index contributed by atoms with van der Waals surface area (Å²) < 4.78 is 13.2. The van der Waals surface area contributed by atoms with Gasteiger partial charge in [-0.3, -0.25) is 14.9 Å². The number of nitrogens with two attached hydrogens (primary N) is 1. The summed E-state index contributed by atoms with van der Waals surface area (Å²) in [4.78, 5) is 23.3. The van der Waals surface area contributed by atoms with E-state index in [2.05, 4.69) is 0 Å². The van der Waals surface area contributed by atoms with Gasteiger partial charge in [0.25, 0.3) is 11.6 Å². The number of rotatable bonds is 2. The minimum Gasteiger partial charge on any atom is -0.337 e. The predicted octanol–water partition coefficient (Wildman–Crippen LogP) is 1.33. The number of nitro groups is 1. The molecular formula is C11H13ClFN3O3. The average molecular weight is 290 g/mol. The molecule has 1 aliphatic rings. The molecule has 6 nitrogen and oxygen atoms in total. The Morgan fingerprint density at radius 1 is 1.47 bits per heavy atom. The van der Waals surface area contributed by atoms with Crippen LogP contribution in [0.5, 0.6) is 0 Å². The molecule has 1 saturated heterocycles. The van der Waals surface area contributed by atoms with Gasteiger partial charge in [-0.2, -0.15) is 0 Å². The van der Waals surface area contributed by atoms with E-state index in [1.165, 1.54) is 4.90 Å². The number of halogens is 2. The highest BCUT2D eigenvalue weighted by atomic mass is 35.5. The number of hydrogen-bond donors (Lipinski definition) is 1. The van der Waals surface area contributed by atoms with Crippen molar-refractivity contribution < 1.29 is 14.1 Å². The number of benzene rings is 1. The van der Waals surface area contributed by atoms with Crippen molar-refractivity contribution in [3.05, 3.63) is 39.7 Å². The SMILES string of the molecule is Cl.N[C@H]1CCN(C(=O)c2cc(F)cc([N+](=O)[O-])c2)C1. The van der Waals surface area contributed by atoms with Crippen LogP contribution in [-0.4, -0.2) is 34.9 Å². The molecule has 1 amide bonds. The first kappa shape index (κ1) is 15.3. The first-order valence-corrected chi connectivity index (χ1v) is 5.47. The highest BCUT2D eigenvalue weighted by molar-refractivity contribution is 5.95. The van der Waals surface area contributed by atoms with Gasteiger partial charge >= 0.3 is 0 Å². The number of non-ortho nitro benzene ring substituents is 1. The first-order valence-electron chi connectivity index (χ1n) is 5.47. The first-order chi connectivity index (χ1) is 8.47. The molecule has 0 spiro atoms. The second-order valence-corrected chi connectivity index (χ2v) is 4.26. The third-order valence-electron chi connectivity index (χ3n) is 2.85. The maximum atomic E-state index is 13.2. The fraction of sp³-hybridized carbons (Fsp3) is 0.364. The monoisotopic (exact) mass is 289 g/mol. The molecule has 1 aliphatic heterocycles. The zero-order valence-corrected chi connectivity index (χ0v) is 10.7. The van der Waals surface area contributed by atoms with Crippen molar-refractivity contribution in [1.29, 1.82) is 0 Å². The second kappa shape index (κ2) is 5.94. The van der Waals surface area contributed by atoms with E-state index < -0.39 is 22.3 Å². The fourth-order valence-corrected chi connectivity index (χ4v) is 1.96. The number of amides is 1. The van der Waals surface area contributed by atoms with E-state index in [0.717, 1.165) is 18.2 Å². The summed E-state index contributed by atoms with van der Waals surface area (Å²) in [5.74, 6) is -1.22. The van der Waals surface area contributed by atoms with Crippen LogP contribution in [-0.2, 0) is 0 Å². The molecule has 2 rings (SSSR count). The lowest BCUT2D eigenvalue weighted by Crippen LogP contribution is -2.31. The number of hydrogen-bond acceptors (Lipinski definition) is 4. The van der Waals surface area contributed by atoms with Gasteiger partial charge in [0.15, 0.2) is 0 Å². The van der Waals surface area contributed by atoms with Crippen molar-refractivity contribution in [2.75, 3.05) is 13.1 Å². The Balaban J connectivity index is 0.00000180. The quantitative estimate of drug-likeness (QED) is 0.657. The molecule has 0 bridgehead atoms. The van der Waals surface area contributed by atoms with Gasteiger partial charge < -0.3 is 10.6 Å². The van der Waals surface area contributed by atoms with Crippen LogP contribution in [0, 0.1) is 15.9 Å². The molecule has 0 aromatic heterocycles. The second-order valence-electron chi connectivity index (χ2n) is 4.26. The third-order valence-corrected chi connectivity index (χ3v) is 2.85. The number of carbonyl (C=O) groups is 1. The van der Waals surface area contributed by atoms with Gasteiger partial charge in [-0.15, -0.1) is 12.4 Å². The van der Waals surface area contributed by atoms with Gasteiger partial charge in [0, 0.05) is 30.8 Å². The van der Waals surface area contributed by atoms with Gasteiger partial charge in [0.2, 0.25) is 0 Å². The van der Waals surface area contributed by atoms with Crippen molar-refractivity contribution in [3.63, 3.8) is 0 Å². The molecule has 1 heterocycles. The van der Waals surface area contributed by atoms with Crippen LogP contribution >= 0.6 is 12.4 Å². The molecule has 2 N–H and O–H groups in total. The molecule has 19 heavy (non-hydrogen) atoms.